The Balaban J connectivity index is 1.59. The smallest absolute Gasteiger partial charge is 0.266 e. The summed E-state index contributed by atoms with van der Waals surface area (Å²) in [5, 5.41) is 7.67. The summed E-state index contributed by atoms with van der Waals surface area (Å²) in [6.45, 7) is 0.370. The third-order valence-corrected chi connectivity index (χ3v) is 4.06. The second-order valence-corrected chi connectivity index (χ2v) is 5.76. The second kappa shape index (κ2) is 7.02. The fourth-order valence-corrected chi connectivity index (χ4v) is 2.62. The SMILES string of the molecule is O=C(Nc1ccc(NCc2ccccc2F)cn1)c1cccs1. The summed E-state index contributed by atoms with van der Waals surface area (Å²) in [6.07, 6.45) is 1.60. The molecule has 0 radical (unpaired) electrons. The molecule has 23 heavy (non-hydrogen) atoms. The lowest BCUT2D eigenvalue weighted by atomic mass is 10.2. The highest BCUT2D eigenvalue weighted by molar-refractivity contribution is 7.12. The molecule has 1 amide bonds. The van der Waals surface area contributed by atoms with Gasteiger partial charge in [-0.05, 0) is 29.6 Å². The Morgan fingerprint density at radius 3 is 2.70 bits per heavy atom. The molecule has 2 aromatic heterocycles. The zero-order valence-electron chi connectivity index (χ0n) is 12.1. The van der Waals surface area contributed by atoms with Gasteiger partial charge in [-0.25, -0.2) is 9.37 Å². The molecule has 0 aliphatic rings. The zero-order valence-corrected chi connectivity index (χ0v) is 12.9. The molecule has 0 fully saturated rings. The van der Waals surface area contributed by atoms with E-state index in [0.29, 0.717) is 22.8 Å². The molecule has 1 aromatic carbocycles. The van der Waals surface area contributed by atoms with Crippen molar-refractivity contribution in [2.75, 3.05) is 10.6 Å². The van der Waals surface area contributed by atoms with Gasteiger partial charge in [-0.2, -0.15) is 0 Å². The van der Waals surface area contributed by atoms with Crippen molar-refractivity contribution in [3.8, 4) is 0 Å². The van der Waals surface area contributed by atoms with Crippen molar-refractivity contribution in [2.45, 2.75) is 6.54 Å². The third kappa shape index (κ3) is 3.92. The lowest BCUT2D eigenvalue weighted by Gasteiger charge is -2.08. The maximum atomic E-state index is 13.5. The van der Waals surface area contributed by atoms with Crippen molar-refractivity contribution >= 4 is 28.7 Å². The van der Waals surface area contributed by atoms with Crippen LogP contribution in [0.3, 0.4) is 0 Å². The number of carbonyl (C=O) groups is 1. The number of benzene rings is 1. The van der Waals surface area contributed by atoms with E-state index in [1.54, 1.807) is 42.6 Å². The molecule has 0 bridgehead atoms. The average Bonchev–Trinajstić information content (AvgIpc) is 3.10. The van der Waals surface area contributed by atoms with E-state index in [-0.39, 0.29) is 11.7 Å². The summed E-state index contributed by atoms with van der Waals surface area (Å²) in [7, 11) is 0. The van der Waals surface area contributed by atoms with E-state index in [4.69, 9.17) is 0 Å². The first-order chi connectivity index (χ1) is 11.2. The molecule has 0 atom stereocenters. The second-order valence-electron chi connectivity index (χ2n) is 4.81. The van der Waals surface area contributed by atoms with Gasteiger partial charge in [0.1, 0.15) is 11.6 Å². The van der Waals surface area contributed by atoms with Gasteiger partial charge in [0.25, 0.3) is 5.91 Å². The van der Waals surface area contributed by atoms with Gasteiger partial charge >= 0.3 is 0 Å². The number of hydrogen-bond acceptors (Lipinski definition) is 4. The summed E-state index contributed by atoms with van der Waals surface area (Å²) in [5.74, 6) is 0.0483. The molecule has 0 spiro atoms. The van der Waals surface area contributed by atoms with Crippen molar-refractivity contribution in [3.63, 3.8) is 0 Å². The van der Waals surface area contributed by atoms with Crippen molar-refractivity contribution < 1.29 is 9.18 Å². The first-order valence-electron chi connectivity index (χ1n) is 7.00. The zero-order chi connectivity index (χ0) is 16.1. The number of pyridine rings is 1. The van der Waals surface area contributed by atoms with Crippen LogP contribution in [0.1, 0.15) is 15.2 Å². The summed E-state index contributed by atoms with van der Waals surface area (Å²) in [5.41, 5.74) is 1.34. The Morgan fingerprint density at radius 2 is 2.00 bits per heavy atom. The molecular weight excluding hydrogens is 313 g/mol. The Labute approximate surface area is 137 Å². The summed E-state index contributed by atoms with van der Waals surface area (Å²) in [4.78, 5) is 16.7. The number of thiophene rings is 1. The Kier molecular flexibility index (Phi) is 4.63. The van der Waals surface area contributed by atoms with Crippen LogP contribution < -0.4 is 10.6 Å². The normalized spacial score (nSPS) is 10.3. The molecule has 0 unspecified atom stereocenters. The van der Waals surface area contributed by atoms with Crippen LogP contribution in [0, 0.1) is 5.82 Å². The number of rotatable bonds is 5. The molecule has 0 saturated carbocycles. The quantitative estimate of drug-likeness (QED) is 0.740. The molecule has 116 valence electrons. The first-order valence-corrected chi connectivity index (χ1v) is 7.88. The van der Waals surface area contributed by atoms with Gasteiger partial charge < -0.3 is 10.6 Å². The van der Waals surface area contributed by atoms with E-state index >= 15 is 0 Å². The average molecular weight is 327 g/mol. The van der Waals surface area contributed by atoms with Crippen LogP contribution in [0.15, 0.2) is 60.1 Å². The molecular formula is C17H14FN3OS. The highest BCUT2D eigenvalue weighted by atomic mass is 32.1. The number of carbonyl (C=O) groups excluding carboxylic acids is 1. The Bertz CT molecular complexity index is 788. The topological polar surface area (TPSA) is 54.0 Å². The van der Waals surface area contributed by atoms with Gasteiger partial charge in [0, 0.05) is 12.1 Å². The fraction of sp³-hybridized carbons (Fsp3) is 0.0588. The van der Waals surface area contributed by atoms with Gasteiger partial charge in [0.2, 0.25) is 0 Å². The van der Waals surface area contributed by atoms with E-state index < -0.39 is 0 Å². The van der Waals surface area contributed by atoms with Crippen LogP contribution in [-0.2, 0) is 6.54 Å². The number of nitrogens with one attached hydrogen (secondary N) is 2. The minimum Gasteiger partial charge on any atom is -0.380 e. The van der Waals surface area contributed by atoms with Crippen LogP contribution in [0.4, 0.5) is 15.9 Å². The van der Waals surface area contributed by atoms with Crippen molar-refractivity contribution in [1.82, 2.24) is 4.98 Å². The van der Waals surface area contributed by atoms with Crippen LogP contribution in [0.2, 0.25) is 0 Å². The maximum Gasteiger partial charge on any atom is 0.266 e. The van der Waals surface area contributed by atoms with E-state index in [1.165, 1.54) is 17.4 Å². The predicted molar refractivity (Wildman–Crippen MR) is 90.2 cm³/mol. The van der Waals surface area contributed by atoms with Crippen molar-refractivity contribution in [3.05, 3.63) is 76.4 Å². The van der Waals surface area contributed by atoms with Gasteiger partial charge in [-0.15, -0.1) is 11.3 Å². The summed E-state index contributed by atoms with van der Waals surface area (Å²) >= 11 is 1.37. The van der Waals surface area contributed by atoms with Crippen molar-refractivity contribution in [2.24, 2.45) is 0 Å². The Morgan fingerprint density at radius 1 is 1.13 bits per heavy atom. The fourth-order valence-electron chi connectivity index (χ4n) is 2.00. The van der Waals surface area contributed by atoms with Gasteiger partial charge in [-0.3, -0.25) is 4.79 Å². The summed E-state index contributed by atoms with van der Waals surface area (Å²) in [6, 6.07) is 13.7. The van der Waals surface area contributed by atoms with E-state index in [9.17, 15) is 9.18 Å². The number of anilines is 2. The van der Waals surface area contributed by atoms with E-state index in [1.807, 2.05) is 11.4 Å². The monoisotopic (exact) mass is 327 g/mol. The van der Waals surface area contributed by atoms with Gasteiger partial charge in [-0.1, -0.05) is 24.3 Å². The highest BCUT2D eigenvalue weighted by Crippen LogP contribution is 2.15. The largest absolute Gasteiger partial charge is 0.380 e. The van der Waals surface area contributed by atoms with Crippen LogP contribution in [0.25, 0.3) is 0 Å². The highest BCUT2D eigenvalue weighted by Gasteiger charge is 2.07. The first kappa shape index (κ1) is 15.2. The molecule has 6 heteroatoms. The van der Waals surface area contributed by atoms with Gasteiger partial charge in [0.15, 0.2) is 0 Å². The lowest BCUT2D eigenvalue weighted by Crippen LogP contribution is -2.11. The molecule has 2 N–H and O–H groups in total. The Hall–Kier alpha value is -2.73. The standard InChI is InChI=1S/C17H14FN3OS/c18-14-5-2-1-4-12(14)10-19-13-7-8-16(20-11-13)21-17(22)15-6-3-9-23-15/h1-9,11,19H,10H2,(H,20,21,22). The maximum absolute atomic E-state index is 13.5. The number of halogens is 1. The minimum atomic E-state index is -0.243. The molecule has 0 saturated heterocycles. The number of nitrogens with zero attached hydrogens (tertiary/aromatic N) is 1. The van der Waals surface area contributed by atoms with Crippen LogP contribution in [-0.4, -0.2) is 10.9 Å². The molecule has 3 aromatic rings. The van der Waals surface area contributed by atoms with Crippen molar-refractivity contribution in [1.29, 1.82) is 0 Å². The van der Waals surface area contributed by atoms with Crippen LogP contribution >= 0.6 is 11.3 Å². The molecule has 2 heterocycles. The van der Waals surface area contributed by atoms with Gasteiger partial charge in [0.05, 0.1) is 16.8 Å². The lowest BCUT2D eigenvalue weighted by molar-refractivity contribution is 0.103. The molecule has 0 aliphatic carbocycles. The molecule has 4 nitrogen and oxygen atoms in total. The number of aromatic nitrogens is 1. The van der Waals surface area contributed by atoms with Crippen LogP contribution in [0.5, 0.6) is 0 Å². The summed E-state index contributed by atoms with van der Waals surface area (Å²) < 4.78 is 13.5. The minimum absolute atomic E-state index is 0.181. The van der Waals surface area contributed by atoms with E-state index in [2.05, 4.69) is 15.6 Å². The number of hydrogen-bond donors (Lipinski definition) is 2. The molecule has 0 aliphatic heterocycles. The van der Waals surface area contributed by atoms with E-state index in [0.717, 1.165) is 5.69 Å². The number of amides is 1. The molecule has 3 rings (SSSR count). The predicted octanol–water partition coefficient (Wildman–Crippen LogP) is 4.15. The third-order valence-electron chi connectivity index (χ3n) is 3.19.